The number of hydrogen-bond acceptors (Lipinski definition) is 1. The number of halogens is 1. The summed E-state index contributed by atoms with van der Waals surface area (Å²) < 4.78 is 18.6. The third-order valence-corrected chi connectivity index (χ3v) is 2.30. The molecular weight excluding hydrogens is 205 g/mol. The van der Waals surface area contributed by atoms with Crippen LogP contribution in [0.3, 0.4) is 0 Å². The lowest BCUT2D eigenvalue weighted by Crippen LogP contribution is -1.98. The van der Waals surface area contributed by atoms with Crippen molar-refractivity contribution in [3.8, 4) is 5.75 Å². The van der Waals surface area contributed by atoms with Crippen molar-refractivity contribution in [1.29, 1.82) is 0 Å². The molecule has 0 N–H and O–H groups in total. The zero-order valence-corrected chi connectivity index (χ0v) is 9.50. The van der Waals surface area contributed by atoms with Gasteiger partial charge < -0.3 is 4.74 Å². The van der Waals surface area contributed by atoms with Gasteiger partial charge in [0.05, 0.1) is 13.2 Å². The zero-order chi connectivity index (χ0) is 11.8. The van der Waals surface area contributed by atoms with Crippen LogP contribution in [0.15, 0.2) is 18.2 Å². The molecule has 1 aromatic rings. The summed E-state index contributed by atoms with van der Waals surface area (Å²) >= 11 is 0. The van der Waals surface area contributed by atoms with Crippen molar-refractivity contribution in [1.82, 2.24) is 0 Å². The smallest absolute Gasteiger partial charge is 0.190 e. The topological polar surface area (TPSA) is 13.6 Å². The second-order valence-electron chi connectivity index (χ2n) is 3.64. The third kappa shape index (κ3) is 3.90. The van der Waals surface area contributed by atoms with E-state index in [1.54, 1.807) is 6.07 Å². The van der Waals surface area contributed by atoms with Crippen molar-refractivity contribution in [2.45, 2.75) is 32.6 Å². The molecule has 0 saturated carbocycles. The maximum atomic E-state index is 13.3. The van der Waals surface area contributed by atoms with Gasteiger partial charge in [-0.05, 0) is 18.6 Å². The molecular formula is C13H16FNO. The molecule has 0 aliphatic rings. The molecule has 0 saturated heterocycles. The Morgan fingerprint density at radius 1 is 1.31 bits per heavy atom. The highest BCUT2D eigenvalue weighted by atomic mass is 19.1. The van der Waals surface area contributed by atoms with Crippen LogP contribution in [0.25, 0.3) is 4.85 Å². The maximum absolute atomic E-state index is 13.3. The van der Waals surface area contributed by atoms with E-state index < -0.39 is 5.82 Å². The molecule has 3 heteroatoms. The van der Waals surface area contributed by atoms with Crippen molar-refractivity contribution in [3.05, 3.63) is 35.4 Å². The first-order chi connectivity index (χ1) is 7.77. The van der Waals surface area contributed by atoms with Gasteiger partial charge in [0.25, 0.3) is 0 Å². The van der Waals surface area contributed by atoms with Crippen LogP contribution in [0, 0.1) is 12.4 Å². The number of unbranched alkanes of at least 4 members (excludes halogenated alkanes) is 3. The molecule has 1 aromatic carbocycles. The summed E-state index contributed by atoms with van der Waals surface area (Å²) in [6.45, 7) is 9.42. The Labute approximate surface area is 95.9 Å². The molecule has 0 aliphatic heterocycles. The van der Waals surface area contributed by atoms with Crippen molar-refractivity contribution < 1.29 is 9.13 Å². The number of ether oxygens (including phenoxy) is 1. The summed E-state index contributed by atoms with van der Waals surface area (Å²) in [5, 5.41) is 0. The van der Waals surface area contributed by atoms with Gasteiger partial charge in [-0.25, -0.2) is 9.24 Å². The van der Waals surface area contributed by atoms with Crippen LogP contribution in [-0.2, 0) is 0 Å². The van der Waals surface area contributed by atoms with Crippen LogP contribution in [0.1, 0.15) is 32.6 Å². The predicted octanol–water partition coefficient (Wildman–Crippen LogP) is 4.34. The minimum Gasteiger partial charge on any atom is -0.491 e. The van der Waals surface area contributed by atoms with Gasteiger partial charge in [-0.15, -0.1) is 0 Å². The molecule has 0 atom stereocenters. The fraction of sp³-hybridized carbons (Fsp3) is 0.462. The Hall–Kier alpha value is -1.56. The Morgan fingerprint density at radius 2 is 2.12 bits per heavy atom. The highest BCUT2D eigenvalue weighted by molar-refractivity contribution is 5.47. The molecule has 86 valence electrons. The fourth-order valence-corrected chi connectivity index (χ4v) is 1.39. The van der Waals surface area contributed by atoms with Gasteiger partial charge in [0.15, 0.2) is 17.3 Å². The Balaban J connectivity index is 2.40. The summed E-state index contributed by atoms with van der Waals surface area (Å²) in [7, 11) is 0. The second-order valence-corrected chi connectivity index (χ2v) is 3.64. The quantitative estimate of drug-likeness (QED) is 0.514. The number of benzene rings is 1. The monoisotopic (exact) mass is 221 g/mol. The van der Waals surface area contributed by atoms with Crippen LogP contribution >= 0.6 is 0 Å². The molecule has 0 fully saturated rings. The minimum absolute atomic E-state index is 0.240. The van der Waals surface area contributed by atoms with Crippen molar-refractivity contribution >= 4 is 5.69 Å². The number of hydrogen-bond donors (Lipinski definition) is 0. The molecule has 0 heterocycles. The van der Waals surface area contributed by atoms with Gasteiger partial charge in [-0.2, -0.15) is 0 Å². The molecule has 0 radical (unpaired) electrons. The van der Waals surface area contributed by atoms with E-state index in [0.717, 1.165) is 12.8 Å². The Morgan fingerprint density at radius 3 is 2.75 bits per heavy atom. The standard InChI is InChI=1S/C13H16FNO/c1-3-4-5-6-9-16-13-8-7-11(15-2)10-12(13)14/h7-8,10H,3-6,9H2,1H3. The van der Waals surface area contributed by atoms with E-state index in [-0.39, 0.29) is 5.75 Å². The molecule has 0 amide bonds. The van der Waals surface area contributed by atoms with E-state index in [4.69, 9.17) is 11.3 Å². The molecule has 0 aliphatic carbocycles. The fourth-order valence-electron chi connectivity index (χ4n) is 1.39. The first kappa shape index (κ1) is 12.5. The first-order valence-electron chi connectivity index (χ1n) is 5.57. The van der Waals surface area contributed by atoms with Crippen molar-refractivity contribution in [2.24, 2.45) is 0 Å². The van der Waals surface area contributed by atoms with Gasteiger partial charge in [0.1, 0.15) is 0 Å². The van der Waals surface area contributed by atoms with E-state index in [1.807, 2.05) is 0 Å². The Kier molecular flexibility index (Phi) is 5.35. The molecule has 0 aromatic heterocycles. The van der Waals surface area contributed by atoms with Crippen LogP contribution in [0.4, 0.5) is 10.1 Å². The van der Waals surface area contributed by atoms with E-state index >= 15 is 0 Å². The first-order valence-corrected chi connectivity index (χ1v) is 5.57. The van der Waals surface area contributed by atoms with Crippen molar-refractivity contribution in [2.75, 3.05) is 6.61 Å². The summed E-state index contributed by atoms with van der Waals surface area (Å²) in [6.07, 6.45) is 4.41. The van der Waals surface area contributed by atoms with Crippen molar-refractivity contribution in [3.63, 3.8) is 0 Å². The minimum atomic E-state index is -0.455. The van der Waals surface area contributed by atoms with Crippen LogP contribution in [-0.4, -0.2) is 6.61 Å². The zero-order valence-electron chi connectivity index (χ0n) is 9.50. The van der Waals surface area contributed by atoms with Crippen LogP contribution in [0.5, 0.6) is 5.75 Å². The molecule has 0 bridgehead atoms. The SMILES string of the molecule is [C-]#[N+]c1ccc(OCCCCCC)c(F)c1. The van der Waals surface area contributed by atoms with E-state index in [9.17, 15) is 4.39 Å². The average molecular weight is 221 g/mol. The van der Waals surface area contributed by atoms with Gasteiger partial charge in [0.2, 0.25) is 0 Å². The van der Waals surface area contributed by atoms with E-state index in [0.29, 0.717) is 12.3 Å². The molecule has 16 heavy (non-hydrogen) atoms. The third-order valence-electron chi connectivity index (χ3n) is 2.30. The highest BCUT2D eigenvalue weighted by Gasteiger charge is 2.03. The summed E-state index contributed by atoms with van der Waals surface area (Å²) in [5.74, 6) is -0.215. The summed E-state index contributed by atoms with van der Waals surface area (Å²) in [4.78, 5) is 3.15. The van der Waals surface area contributed by atoms with Gasteiger partial charge in [-0.3, -0.25) is 0 Å². The molecule has 0 spiro atoms. The van der Waals surface area contributed by atoms with Crippen LogP contribution < -0.4 is 4.74 Å². The number of rotatable bonds is 6. The normalized spacial score (nSPS) is 9.81. The van der Waals surface area contributed by atoms with Gasteiger partial charge in [0, 0.05) is 0 Å². The van der Waals surface area contributed by atoms with Crippen LogP contribution in [0.2, 0.25) is 0 Å². The molecule has 0 unspecified atom stereocenters. The van der Waals surface area contributed by atoms with Gasteiger partial charge in [-0.1, -0.05) is 32.3 Å². The van der Waals surface area contributed by atoms with E-state index in [2.05, 4.69) is 11.8 Å². The highest BCUT2D eigenvalue weighted by Crippen LogP contribution is 2.23. The number of nitrogens with zero attached hydrogens (tertiary/aromatic N) is 1. The summed E-state index contributed by atoms with van der Waals surface area (Å²) in [5.41, 5.74) is 0.302. The lowest BCUT2D eigenvalue weighted by atomic mass is 10.2. The van der Waals surface area contributed by atoms with Gasteiger partial charge >= 0.3 is 0 Å². The molecule has 2 nitrogen and oxygen atoms in total. The lowest BCUT2D eigenvalue weighted by Gasteiger charge is -2.06. The lowest BCUT2D eigenvalue weighted by molar-refractivity contribution is 0.290. The second kappa shape index (κ2) is 6.84. The summed E-state index contributed by atoms with van der Waals surface area (Å²) in [6, 6.07) is 4.29. The largest absolute Gasteiger partial charge is 0.491 e. The van der Waals surface area contributed by atoms with E-state index in [1.165, 1.54) is 25.0 Å². The average Bonchev–Trinajstić information content (AvgIpc) is 2.30. The maximum Gasteiger partial charge on any atom is 0.190 e. The Bertz CT molecular complexity index is 371. The molecule has 1 rings (SSSR count). The predicted molar refractivity (Wildman–Crippen MR) is 62.3 cm³/mol.